The fourth-order valence-electron chi connectivity index (χ4n) is 2.29. The van der Waals surface area contributed by atoms with E-state index in [1.54, 1.807) is 0 Å². The highest BCUT2D eigenvalue weighted by atomic mass is 79.9. The van der Waals surface area contributed by atoms with Crippen molar-refractivity contribution in [2.24, 2.45) is 0 Å². The summed E-state index contributed by atoms with van der Waals surface area (Å²) in [5.41, 5.74) is 0. The minimum Gasteiger partial charge on any atom is -0.492 e. The maximum Gasteiger partial charge on any atom is 0.120 e. The standard InChI is InChI=1S/C14H21BrN2O/c1-16(2)13-6-7-17(11-13)8-9-18-14-5-3-4-12(15)10-14/h3-5,10,13H,6-9,11H2,1-2H3. The minimum atomic E-state index is 0.705. The molecule has 1 aliphatic rings. The second-order valence-electron chi connectivity index (χ2n) is 5.01. The Balaban J connectivity index is 1.70. The molecule has 0 radical (unpaired) electrons. The zero-order chi connectivity index (χ0) is 13.0. The third kappa shape index (κ3) is 3.97. The number of hydrogen-bond acceptors (Lipinski definition) is 3. The molecule has 2 rings (SSSR count). The summed E-state index contributed by atoms with van der Waals surface area (Å²) in [6.07, 6.45) is 1.27. The molecule has 3 nitrogen and oxygen atoms in total. The number of likely N-dealkylation sites (tertiary alicyclic amines) is 1. The monoisotopic (exact) mass is 312 g/mol. The first-order valence-electron chi connectivity index (χ1n) is 6.42. The van der Waals surface area contributed by atoms with Gasteiger partial charge in [-0.2, -0.15) is 0 Å². The lowest BCUT2D eigenvalue weighted by atomic mass is 10.2. The van der Waals surface area contributed by atoms with Crippen molar-refractivity contribution < 1.29 is 4.74 Å². The molecule has 0 N–H and O–H groups in total. The molecule has 0 saturated carbocycles. The first kappa shape index (κ1) is 13.8. The molecule has 1 atom stereocenters. The Hall–Kier alpha value is -0.580. The van der Waals surface area contributed by atoms with Gasteiger partial charge in [0, 0.05) is 23.6 Å². The third-order valence-corrected chi connectivity index (χ3v) is 3.94. The second kappa shape index (κ2) is 6.55. The SMILES string of the molecule is CN(C)C1CCN(CCOc2cccc(Br)c2)C1. The Morgan fingerprint density at radius 1 is 1.44 bits per heavy atom. The average molecular weight is 313 g/mol. The van der Waals surface area contributed by atoms with Gasteiger partial charge < -0.3 is 9.64 Å². The average Bonchev–Trinajstić information content (AvgIpc) is 2.78. The van der Waals surface area contributed by atoms with Gasteiger partial charge in [0.25, 0.3) is 0 Å². The Labute approximate surface area is 118 Å². The van der Waals surface area contributed by atoms with Crippen LogP contribution >= 0.6 is 15.9 Å². The van der Waals surface area contributed by atoms with E-state index in [-0.39, 0.29) is 0 Å². The van der Waals surface area contributed by atoms with Crippen LogP contribution in [0.5, 0.6) is 5.75 Å². The number of benzene rings is 1. The van der Waals surface area contributed by atoms with Gasteiger partial charge in [0.15, 0.2) is 0 Å². The van der Waals surface area contributed by atoms with Crippen molar-refractivity contribution in [3.8, 4) is 5.75 Å². The van der Waals surface area contributed by atoms with E-state index in [0.29, 0.717) is 6.04 Å². The van der Waals surface area contributed by atoms with Gasteiger partial charge >= 0.3 is 0 Å². The number of halogens is 1. The first-order chi connectivity index (χ1) is 8.65. The molecular weight excluding hydrogens is 292 g/mol. The minimum absolute atomic E-state index is 0.705. The number of rotatable bonds is 5. The molecule has 1 aliphatic heterocycles. The molecular formula is C14H21BrN2O. The lowest BCUT2D eigenvalue weighted by molar-refractivity contribution is 0.220. The summed E-state index contributed by atoms with van der Waals surface area (Å²) >= 11 is 3.45. The van der Waals surface area contributed by atoms with Crippen LogP contribution in [-0.4, -0.2) is 56.2 Å². The molecule has 0 spiro atoms. The molecule has 1 heterocycles. The summed E-state index contributed by atoms with van der Waals surface area (Å²) in [6.45, 7) is 4.12. The van der Waals surface area contributed by atoms with Crippen molar-refractivity contribution in [3.05, 3.63) is 28.7 Å². The topological polar surface area (TPSA) is 15.7 Å². The summed E-state index contributed by atoms with van der Waals surface area (Å²) in [4.78, 5) is 4.79. The molecule has 1 aromatic carbocycles. The summed E-state index contributed by atoms with van der Waals surface area (Å²) < 4.78 is 6.82. The quantitative estimate of drug-likeness (QED) is 0.830. The smallest absolute Gasteiger partial charge is 0.120 e. The maximum atomic E-state index is 5.76. The Morgan fingerprint density at radius 3 is 2.94 bits per heavy atom. The highest BCUT2D eigenvalue weighted by molar-refractivity contribution is 9.10. The van der Waals surface area contributed by atoms with E-state index >= 15 is 0 Å². The van der Waals surface area contributed by atoms with Crippen LogP contribution in [0.25, 0.3) is 0 Å². The first-order valence-corrected chi connectivity index (χ1v) is 7.21. The Kier molecular flexibility index (Phi) is 5.03. The molecule has 0 aromatic heterocycles. The van der Waals surface area contributed by atoms with Crippen LogP contribution < -0.4 is 4.74 Å². The van der Waals surface area contributed by atoms with E-state index in [1.165, 1.54) is 13.0 Å². The maximum absolute atomic E-state index is 5.76. The third-order valence-electron chi connectivity index (χ3n) is 3.45. The van der Waals surface area contributed by atoms with Gasteiger partial charge in [-0.25, -0.2) is 0 Å². The molecule has 1 unspecified atom stereocenters. The van der Waals surface area contributed by atoms with Crippen LogP contribution in [-0.2, 0) is 0 Å². The number of hydrogen-bond donors (Lipinski definition) is 0. The molecule has 1 saturated heterocycles. The van der Waals surface area contributed by atoms with Crippen molar-refractivity contribution in [2.75, 3.05) is 40.3 Å². The summed E-state index contributed by atoms with van der Waals surface area (Å²) in [5.74, 6) is 0.938. The van der Waals surface area contributed by atoms with Crippen LogP contribution in [0.3, 0.4) is 0 Å². The van der Waals surface area contributed by atoms with E-state index in [1.807, 2.05) is 24.3 Å². The van der Waals surface area contributed by atoms with Gasteiger partial charge in [-0.15, -0.1) is 0 Å². The van der Waals surface area contributed by atoms with E-state index in [4.69, 9.17) is 4.74 Å². The van der Waals surface area contributed by atoms with Crippen LogP contribution in [0.15, 0.2) is 28.7 Å². The number of ether oxygens (including phenoxy) is 1. The normalized spacial score (nSPS) is 20.6. The summed E-state index contributed by atoms with van der Waals surface area (Å²) in [7, 11) is 4.32. The molecule has 0 bridgehead atoms. The zero-order valence-corrected chi connectivity index (χ0v) is 12.7. The highest BCUT2D eigenvalue weighted by Gasteiger charge is 2.23. The van der Waals surface area contributed by atoms with Crippen LogP contribution in [0.1, 0.15) is 6.42 Å². The summed E-state index contributed by atoms with van der Waals surface area (Å²) in [6, 6.07) is 8.71. The van der Waals surface area contributed by atoms with Gasteiger partial charge in [0.2, 0.25) is 0 Å². The van der Waals surface area contributed by atoms with E-state index in [9.17, 15) is 0 Å². The zero-order valence-electron chi connectivity index (χ0n) is 11.1. The number of nitrogens with zero attached hydrogens (tertiary/aromatic N) is 2. The van der Waals surface area contributed by atoms with Crippen LogP contribution in [0.2, 0.25) is 0 Å². The van der Waals surface area contributed by atoms with Gasteiger partial charge in [-0.3, -0.25) is 4.90 Å². The van der Waals surface area contributed by atoms with Crippen molar-refractivity contribution in [2.45, 2.75) is 12.5 Å². The van der Waals surface area contributed by atoms with Crippen LogP contribution in [0, 0.1) is 0 Å². The molecule has 1 aromatic rings. The second-order valence-corrected chi connectivity index (χ2v) is 5.93. The molecule has 1 fully saturated rings. The number of likely N-dealkylation sites (N-methyl/N-ethyl adjacent to an activating group) is 1. The molecule has 0 amide bonds. The van der Waals surface area contributed by atoms with Gasteiger partial charge in [0.1, 0.15) is 12.4 Å². The van der Waals surface area contributed by atoms with E-state index in [2.05, 4.69) is 39.8 Å². The Bertz CT molecular complexity index is 384. The lowest BCUT2D eigenvalue weighted by Crippen LogP contribution is -2.33. The fourth-order valence-corrected chi connectivity index (χ4v) is 2.66. The molecule has 18 heavy (non-hydrogen) atoms. The molecule has 4 heteroatoms. The van der Waals surface area contributed by atoms with E-state index < -0.39 is 0 Å². The summed E-state index contributed by atoms with van der Waals surface area (Å²) in [5, 5.41) is 0. The van der Waals surface area contributed by atoms with Gasteiger partial charge in [0.05, 0.1) is 0 Å². The lowest BCUT2D eigenvalue weighted by Gasteiger charge is -2.20. The van der Waals surface area contributed by atoms with E-state index in [0.717, 1.165) is 29.9 Å². The van der Waals surface area contributed by atoms with Crippen molar-refractivity contribution in [3.63, 3.8) is 0 Å². The van der Waals surface area contributed by atoms with Gasteiger partial charge in [-0.1, -0.05) is 22.0 Å². The van der Waals surface area contributed by atoms with Crippen molar-refractivity contribution >= 4 is 15.9 Å². The molecule has 100 valence electrons. The predicted molar refractivity (Wildman–Crippen MR) is 78.2 cm³/mol. The highest BCUT2D eigenvalue weighted by Crippen LogP contribution is 2.18. The van der Waals surface area contributed by atoms with Crippen molar-refractivity contribution in [1.29, 1.82) is 0 Å². The molecule has 0 aliphatic carbocycles. The van der Waals surface area contributed by atoms with Crippen molar-refractivity contribution in [1.82, 2.24) is 9.80 Å². The van der Waals surface area contributed by atoms with Crippen LogP contribution in [0.4, 0.5) is 0 Å². The van der Waals surface area contributed by atoms with Gasteiger partial charge in [-0.05, 0) is 45.3 Å². The Morgan fingerprint density at radius 2 is 2.28 bits per heavy atom. The predicted octanol–water partition coefficient (Wildman–Crippen LogP) is 2.46. The fraction of sp³-hybridized carbons (Fsp3) is 0.571. The largest absolute Gasteiger partial charge is 0.492 e.